The van der Waals surface area contributed by atoms with Crippen molar-refractivity contribution in [1.82, 2.24) is 9.29 Å². The van der Waals surface area contributed by atoms with E-state index in [1.54, 1.807) is 4.31 Å². The van der Waals surface area contributed by atoms with E-state index in [4.69, 9.17) is 11.6 Å². The summed E-state index contributed by atoms with van der Waals surface area (Å²) >= 11 is 5.83. The summed E-state index contributed by atoms with van der Waals surface area (Å²) in [7, 11) is -3.49. The number of sulfonamides is 1. The normalized spacial score (nSPS) is 17.2. The van der Waals surface area contributed by atoms with Crippen LogP contribution in [0.5, 0.6) is 0 Å². The zero-order valence-electron chi connectivity index (χ0n) is 11.9. The molecule has 1 aromatic heterocycles. The second-order valence-corrected chi connectivity index (χ2v) is 8.00. The summed E-state index contributed by atoms with van der Waals surface area (Å²) in [6.07, 6.45) is 5.55. The molecular weight excluding hydrogens is 296 g/mol. The number of rotatable bonds is 5. The third-order valence-electron chi connectivity index (χ3n) is 3.58. The summed E-state index contributed by atoms with van der Waals surface area (Å²) in [6, 6.07) is 3.07. The smallest absolute Gasteiger partial charge is 0.243 e. The van der Waals surface area contributed by atoms with Gasteiger partial charge in [0.15, 0.2) is 0 Å². The van der Waals surface area contributed by atoms with Gasteiger partial charge in [0.2, 0.25) is 10.0 Å². The maximum Gasteiger partial charge on any atom is 0.243 e. The molecule has 6 heteroatoms. The molecule has 1 aromatic rings. The van der Waals surface area contributed by atoms with E-state index in [0.29, 0.717) is 12.5 Å². The van der Waals surface area contributed by atoms with Crippen LogP contribution in [0.25, 0.3) is 0 Å². The Kier molecular flexibility index (Phi) is 5.04. The fraction of sp³-hybridized carbons (Fsp3) is 0.643. The molecule has 1 saturated carbocycles. The first kappa shape index (κ1) is 15.7. The van der Waals surface area contributed by atoms with Crippen LogP contribution in [0.2, 0.25) is 5.15 Å². The summed E-state index contributed by atoms with van der Waals surface area (Å²) in [4.78, 5) is 4.09. The largest absolute Gasteiger partial charge is 0.244 e. The fourth-order valence-electron chi connectivity index (χ4n) is 2.68. The van der Waals surface area contributed by atoms with E-state index in [1.165, 1.54) is 18.3 Å². The first-order valence-corrected chi connectivity index (χ1v) is 8.86. The zero-order chi connectivity index (χ0) is 14.8. The van der Waals surface area contributed by atoms with Gasteiger partial charge in [-0.3, -0.25) is 0 Å². The average Bonchev–Trinajstić information content (AvgIpc) is 2.89. The molecule has 0 bridgehead atoms. The minimum atomic E-state index is -3.49. The molecule has 112 valence electrons. The molecule has 0 spiro atoms. The van der Waals surface area contributed by atoms with Gasteiger partial charge in [-0.15, -0.1) is 0 Å². The third-order valence-corrected chi connectivity index (χ3v) is 5.70. The van der Waals surface area contributed by atoms with E-state index >= 15 is 0 Å². The predicted molar refractivity (Wildman–Crippen MR) is 80.2 cm³/mol. The Hall–Kier alpha value is -0.650. The van der Waals surface area contributed by atoms with Crippen molar-refractivity contribution in [3.8, 4) is 0 Å². The standard InChI is InChI=1S/C14H21ClN2O2S/c1-11(2)10-17(12-5-3-4-6-12)20(18,19)13-7-8-16-14(15)9-13/h7-9,11-12H,3-6,10H2,1-2H3. The SMILES string of the molecule is CC(C)CN(C1CCCC1)S(=O)(=O)c1ccnc(Cl)c1. The van der Waals surface area contributed by atoms with Crippen LogP contribution in [0, 0.1) is 5.92 Å². The number of hydrogen-bond acceptors (Lipinski definition) is 3. The van der Waals surface area contributed by atoms with Crippen molar-refractivity contribution in [2.75, 3.05) is 6.54 Å². The molecule has 1 aliphatic carbocycles. The van der Waals surface area contributed by atoms with Gasteiger partial charge >= 0.3 is 0 Å². The van der Waals surface area contributed by atoms with Crippen molar-refractivity contribution in [2.45, 2.75) is 50.5 Å². The number of halogens is 1. The van der Waals surface area contributed by atoms with E-state index < -0.39 is 10.0 Å². The lowest BCUT2D eigenvalue weighted by Crippen LogP contribution is -2.41. The first-order valence-electron chi connectivity index (χ1n) is 7.04. The van der Waals surface area contributed by atoms with E-state index in [0.717, 1.165) is 25.7 Å². The van der Waals surface area contributed by atoms with Gasteiger partial charge in [0, 0.05) is 18.8 Å². The van der Waals surface area contributed by atoms with Gasteiger partial charge in [-0.05, 0) is 30.9 Å². The minimum absolute atomic E-state index is 0.120. The lowest BCUT2D eigenvalue weighted by molar-refractivity contribution is 0.292. The highest BCUT2D eigenvalue weighted by Crippen LogP contribution is 2.29. The second-order valence-electron chi connectivity index (χ2n) is 5.72. The Labute approximate surface area is 126 Å². The van der Waals surface area contributed by atoms with Crippen LogP contribution in [0.4, 0.5) is 0 Å². The molecule has 0 amide bonds. The van der Waals surface area contributed by atoms with Crippen LogP contribution in [0.3, 0.4) is 0 Å². The van der Waals surface area contributed by atoms with Gasteiger partial charge in [-0.1, -0.05) is 38.3 Å². The first-order chi connectivity index (χ1) is 9.41. The summed E-state index contributed by atoms with van der Waals surface area (Å²) in [5, 5.41) is 0.210. The molecule has 0 saturated heterocycles. The van der Waals surface area contributed by atoms with Crippen molar-refractivity contribution >= 4 is 21.6 Å². The highest BCUT2D eigenvalue weighted by Gasteiger charge is 2.33. The number of aromatic nitrogens is 1. The fourth-order valence-corrected chi connectivity index (χ4v) is 4.78. The Bertz CT molecular complexity index is 554. The Morgan fingerprint density at radius 1 is 1.40 bits per heavy atom. The van der Waals surface area contributed by atoms with Gasteiger partial charge in [0.1, 0.15) is 5.15 Å². The van der Waals surface area contributed by atoms with Crippen molar-refractivity contribution in [3.63, 3.8) is 0 Å². The van der Waals surface area contributed by atoms with Crippen LogP contribution < -0.4 is 0 Å². The Morgan fingerprint density at radius 2 is 2.05 bits per heavy atom. The topological polar surface area (TPSA) is 50.3 Å². The molecule has 0 aromatic carbocycles. The molecule has 0 unspecified atom stereocenters. The summed E-state index contributed by atoms with van der Waals surface area (Å²) < 4.78 is 27.4. The maximum atomic E-state index is 12.8. The van der Waals surface area contributed by atoms with Crippen LogP contribution in [-0.4, -0.2) is 30.3 Å². The second kappa shape index (κ2) is 6.41. The monoisotopic (exact) mass is 316 g/mol. The van der Waals surface area contributed by atoms with Crippen molar-refractivity contribution < 1.29 is 8.42 Å². The highest BCUT2D eigenvalue weighted by atomic mass is 35.5. The van der Waals surface area contributed by atoms with Gasteiger partial charge < -0.3 is 0 Å². The molecule has 1 heterocycles. The molecule has 1 aliphatic rings. The molecule has 20 heavy (non-hydrogen) atoms. The van der Waals surface area contributed by atoms with E-state index in [9.17, 15) is 8.42 Å². The van der Waals surface area contributed by atoms with Gasteiger partial charge in [0.05, 0.1) is 4.90 Å². The quantitative estimate of drug-likeness (QED) is 0.783. The number of nitrogens with zero attached hydrogens (tertiary/aromatic N) is 2. The van der Waals surface area contributed by atoms with E-state index in [-0.39, 0.29) is 16.1 Å². The predicted octanol–water partition coefficient (Wildman–Crippen LogP) is 3.32. The summed E-state index contributed by atoms with van der Waals surface area (Å²) in [5.74, 6) is 0.294. The lowest BCUT2D eigenvalue weighted by atomic mass is 10.2. The molecule has 0 radical (unpaired) electrons. The molecule has 2 rings (SSSR count). The van der Waals surface area contributed by atoms with Crippen LogP contribution in [0.1, 0.15) is 39.5 Å². The van der Waals surface area contributed by atoms with Gasteiger partial charge in [-0.2, -0.15) is 4.31 Å². The third kappa shape index (κ3) is 3.51. The van der Waals surface area contributed by atoms with Crippen LogP contribution in [-0.2, 0) is 10.0 Å². The molecule has 1 fully saturated rings. The van der Waals surface area contributed by atoms with E-state index in [1.807, 2.05) is 13.8 Å². The molecule has 0 aliphatic heterocycles. The minimum Gasteiger partial charge on any atom is -0.244 e. The zero-order valence-corrected chi connectivity index (χ0v) is 13.5. The van der Waals surface area contributed by atoms with E-state index in [2.05, 4.69) is 4.98 Å². The molecular formula is C14H21ClN2O2S. The highest BCUT2D eigenvalue weighted by molar-refractivity contribution is 7.89. The Morgan fingerprint density at radius 3 is 2.60 bits per heavy atom. The van der Waals surface area contributed by atoms with Crippen molar-refractivity contribution in [3.05, 3.63) is 23.5 Å². The molecule has 0 N–H and O–H groups in total. The summed E-state index contributed by atoms with van der Waals surface area (Å²) in [5.41, 5.74) is 0. The number of hydrogen-bond donors (Lipinski definition) is 0. The van der Waals surface area contributed by atoms with Crippen LogP contribution in [0.15, 0.2) is 23.2 Å². The maximum absolute atomic E-state index is 12.8. The van der Waals surface area contributed by atoms with Crippen molar-refractivity contribution in [1.29, 1.82) is 0 Å². The number of pyridine rings is 1. The Balaban J connectivity index is 2.35. The molecule has 0 atom stereocenters. The molecule has 4 nitrogen and oxygen atoms in total. The summed E-state index contributed by atoms with van der Waals surface area (Å²) in [6.45, 7) is 4.63. The van der Waals surface area contributed by atoms with Gasteiger partial charge in [-0.25, -0.2) is 13.4 Å². The lowest BCUT2D eigenvalue weighted by Gasteiger charge is -2.29. The van der Waals surface area contributed by atoms with Crippen LogP contribution >= 0.6 is 11.6 Å². The van der Waals surface area contributed by atoms with Crippen molar-refractivity contribution in [2.24, 2.45) is 5.92 Å². The van der Waals surface area contributed by atoms with Gasteiger partial charge in [0.25, 0.3) is 0 Å². The average molecular weight is 317 g/mol.